The summed E-state index contributed by atoms with van der Waals surface area (Å²) in [5, 5.41) is 10.3. The van der Waals surface area contributed by atoms with Crippen molar-refractivity contribution in [1.82, 2.24) is 9.88 Å². The Bertz CT molecular complexity index is 641. The summed E-state index contributed by atoms with van der Waals surface area (Å²) in [4.78, 5) is 30.4. The van der Waals surface area contributed by atoms with Crippen LogP contribution in [0, 0.1) is 25.2 Å². The molecule has 1 saturated carbocycles. The summed E-state index contributed by atoms with van der Waals surface area (Å²) < 4.78 is 5.12. The zero-order chi connectivity index (χ0) is 17.0. The molecule has 1 heterocycles. The van der Waals surface area contributed by atoms with Crippen LogP contribution in [0.5, 0.6) is 0 Å². The second-order valence-corrected chi connectivity index (χ2v) is 7.08. The van der Waals surface area contributed by atoms with Gasteiger partial charge in [-0.25, -0.2) is 9.78 Å². The highest BCUT2D eigenvalue weighted by molar-refractivity contribution is 7.13. The van der Waals surface area contributed by atoms with E-state index in [0.29, 0.717) is 23.4 Å². The number of rotatable bonds is 4. The van der Waals surface area contributed by atoms with Crippen molar-refractivity contribution in [3.63, 3.8) is 0 Å². The zero-order valence-electron chi connectivity index (χ0n) is 13.7. The van der Waals surface area contributed by atoms with Crippen molar-refractivity contribution < 1.29 is 14.3 Å². The molecule has 7 heteroatoms. The number of ether oxygens (including phenoxy) is 1. The number of likely N-dealkylation sites (N-methyl/N-ethyl adjacent to an activating group) is 1. The standard InChI is InChI=1S/C16H21N3O3S/c1-11-14(23-12(2)18-11)15(21)22-9-13(20)19(3)16(10-17)7-5-4-6-8-16/h4-9H2,1-3H3. The molecule has 23 heavy (non-hydrogen) atoms. The minimum absolute atomic E-state index is 0.347. The lowest BCUT2D eigenvalue weighted by atomic mass is 9.81. The Labute approximate surface area is 140 Å². The average Bonchev–Trinajstić information content (AvgIpc) is 2.90. The number of amides is 1. The van der Waals surface area contributed by atoms with Crippen LogP contribution in [-0.2, 0) is 9.53 Å². The molecule has 1 aliphatic carbocycles. The smallest absolute Gasteiger partial charge is 0.350 e. The van der Waals surface area contributed by atoms with Gasteiger partial charge in [0.15, 0.2) is 6.61 Å². The van der Waals surface area contributed by atoms with Crippen molar-refractivity contribution in [3.8, 4) is 6.07 Å². The summed E-state index contributed by atoms with van der Waals surface area (Å²) in [5.74, 6) is -0.884. The van der Waals surface area contributed by atoms with E-state index in [1.165, 1.54) is 16.2 Å². The number of carbonyl (C=O) groups excluding carboxylic acids is 2. The Balaban J connectivity index is 1.97. The molecule has 0 saturated heterocycles. The number of esters is 1. The summed E-state index contributed by atoms with van der Waals surface area (Å²) in [7, 11) is 1.62. The van der Waals surface area contributed by atoms with E-state index >= 15 is 0 Å². The molecule has 1 amide bonds. The Hall–Kier alpha value is -1.94. The second kappa shape index (κ2) is 7.09. The largest absolute Gasteiger partial charge is 0.451 e. The fourth-order valence-corrected chi connectivity index (χ4v) is 3.72. The highest BCUT2D eigenvalue weighted by atomic mass is 32.1. The first-order valence-corrected chi connectivity index (χ1v) is 8.50. The van der Waals surface area contributed by atoms with Gasteiger partial charge in [-0.1, -0.05) is 19.3 Å². The molecule has 1 aliphatic rings. The van der Waals surface area contributed by atoms with Crippen LogP contribution in [0.15, 0.2) is 0 Å². The maximum Gasteiger partial charge on any atom is 0.350 e. The number of nitrogens with zero attached hydrogens (tertiary/aromatic N) is 3. The van der Waals surface area contributed by atoms with Gasteiger partial charge in [-0.05, 0) is 26.7 Å². The van der Waals surface area contributed by atoms with E-state index in [2.05, 4.69) is 11.1 Å². The summed E-state index contributed by atoms with van der Waals surface area (Å²) >= 11 is 1.25. The predicted molar refractivity (Wildman–Crippen MR) is 86.1 cm³/mol. The molecule has 0 unspecified atom stereocenters. The first-order valence-electron chi connectivity index (χ1n) is 7.69. The number of thiazole rings is 1. The third kappa shape index (κ3) is 3.70. The molecule has 0 spiro atoms. The van der Waals surface area contributed by atoms with Gasteiger partial charge in [0.2, 0.25) is 0 Å². The zero-order valence-corrected chi connectivity index (χ0v) is 14.5. The third-order valence-electron chi connectivity index (χ3n) is 4.32. The Kier molecular flexibility index (Phi) is 5.37. The molecule has 6 nitrogen and oxygen atoms in total. The summed E-state index contributed by atoms with van der Waals surface area (Å²) in [5.41, 5.74) is -0.155. The highest BCUT2D eigenvalue weighted by Crippen LogP contribution is 2.32. The quantitative estimate of drug-likeness (QED) is 0.790. The van der Waals surface area contributed by atoms with Gasteiger partial charge in [0.05, 0.1) is 16.8 Å². The number of aromatic nitrogens is 1. The summed E-state index contributed by atoms with van der Waals surface area (Å²) in [6.45, 7) is 3.20. The van der Waals surface area contributed by atoms with Crippen molar-refractivity contribution in [2.24, 2.45) is 0 Å². The fraction of sp³-hybridized carbons (Fsp3) is 0.625. The van der Waals surface area contributed by atoms with Gasteiger partial charge in [0.1, 0.15) is 10.4 Å². The van der Waals surface area contributed by atoms with Gasteiger partial charge < -0.3 is 9.64 Å². The van der Waals surface area contributed by atoms with Crippen LogP contribution in [0.25, 0.3) is 0 Å². The van der Waals surface area contributed by atoms with Crippen LogP contribution in [0.2, 0.25) is 0 Å². The lowest BCUT2D eigenvalue weighted by Crippen LogP contribution is -2.51. The number of carbonyl (C=O) groups is 2. The number of hydrogen-bond acceptors (Lipinski definition) is 6. The molecule has 1 fully saturated rings. The number of nitriles is 1. The van der Waals surface area contributed by atoms with Crippen LogP contribution in [0.4, 0.5) is 0 Å². The van der Waals surface area contributed by atoms with Crippen LogP contribution >= 0.6 is 11.3 Å². The molecule has 124 valence electrons. The first-order chi connectivity index (χ1) is 10.9. The van der Waals surface area contributed by atoms with Crippen LogP contribution in [0.3, 0.4) is 0 Å². The molecule has 2 rings (SSSR count). The van der Waals surface area contributed by atoms with E-state index in [0.717, 1.165) is 24.3 Å². The molecule has 0 radical (unpaired) electrons. The SMILES string of the molecule is Cc1nc(C)c(C(=O)OCC(=O)N(C)C2(C#N)CCCCC2)s1. The maximum absolute atomic E-state index is 12.3. The predicted octanol–water partition coefficient (Wildman–Crippen LogP) is 2.60. The van der Waals surface area contributed by atoms with E-state index in [9.17, 15) is 14.9 Å². The molecule has 1 aromatic heterocycles. The van der Waals surface area contributed by atoms with Crippen molar-refractivity contribution >= 4 is 23.2 Å². The van der Waals surface area contributed by atoms with E-state index in [-0.39, 0.29) is 12.5 Å². The topological polar surface area (TPSA) is 83.3 Å². The minimum Gasteiger partial charge on any atom is -0.451 e. The van der Waals surface area contributed by atoms with Gasteiger partial charge in [-0.15, -0.1) is 11.3 Å². The van der Waals surface area contributed by atoms with Crippen molar-refractivity contribution in [2.45, 2.75) is 51.5 Å². The van der Waals surface area contributed by atoms with Crippen molar-refractivity contribution in [2.75, 3.05) is 13.7 Å². The van der Waals surface area contributed by atoms with E-state index in [4.69, 9.17) is 4.74 Å². The van der Waals surface area contributed by atoms with Crippen molar-refractivity contribution in [3.05, 3.63) is 15.6 Å². The third-order valence-corrected chi connectivity index (χ3v) is 5.37. The number of aryl methyl sites for hydroxylation is 2. The van der Waals surface area contributed by atoms with E-state index in [1.807, 2.05) is 6.92 Å². The summed E-state index contributed by atoms with van der Waals surface area (Å²) in [6, 6.07) is 2.29. The van der Waals surface area contributed by atoms with Gasteiger partial charge >= 0.3 is 5.97 Å². The van der Waals surface area contributed by atoms with Gasteiger partial charge in [-0.3, -0.25) is 4.79 Å². The van der Waals surface area contributed by atoms with Crippen LogP contribution < -0.4 is 0 Å². The lowest BCUT2D eigenvalue weighted by Gasteiger charge is -2.38. The monoisotopic (exact) mass is 335 g/mol. The summed E-state index contributed by atoms with van der Waals surface area (Å²) in [6.07, 6.45) is 4.30. The highest BCUT2D eigenvalue weighted by Gasteiger charge is 2.39. The van der Waals surface area contributed by atoms with E-state index in [1.54, 1.807) is 14.0 Å². The lowest BCUT2D eigenvalue weighted by molar-refractivity contribution is -0.138. The Morgan fingerprint density at radius 2 is 2.00 bits per heavy atom. The maximum atomic E-state index is 12.3. The molecule has 0 aromatic carbocycles. The van der Waals surface area contributed by atoms with Gasteiger partial charge in [-0.2, -0.15) is 5.26 Å². The fourth-order valence-electron chi connectivity index (χ4n) is 2.91. The Morgan fingerprint density at radius 1 is 1.35 bits per heavy atom. The molecular formula is C16H21N3O3S. The first kappa shape index (κ1) is 17.4. The average molecular weight is 335 g/mol. The second-order valence-electron chi connectivity index (χ2n) is 5.88. The molecule has 0 bridgehead atoms. The van der Waals surface area contributed by atoms with Crippen molar-refractivity contribution in [1.29, 1.82) is 5.26 Å². The normalized spacial score (nSPS) is 16.4. The van der Waals surface area contributed by atoms with Crippen LogP contribution in [0.1, 0.15) is 52.5 Å². The molecule has 1 aromatic rings. The number of hydrogen-bond donors (Lipinski definition) is 0. The Morgan fingerprint density at radius 3 is 2.52 bits per heavy atom. The minimum atomic E-state index is -0.765. The van der Waals surface area contributed by atoms with Gasteiger partial charge in [0.25, 0.3) is 5.91 Å². The van der Waals surface area contributed by atoms with Crippen LogP contribution in [-0.4, -0.2) is 41.0 Å². The molecular weight excluding hydrogens is 314 g/mol. The van der Waals surface area contributed by atoms with E-state index < -0.39 is 11.5 Å². The molecule has 0 N–H and O–H groups in total. The van der Waals surface area contributed by atoms with Gasteiger partial charge in [0, 0.05) is 7.05 Å². The molecule has 0 aliphatic heterocycles. The molecule has 0 atom stereocenters.